The van der Waals surface area contributed by atoms with E-state index in [1.807, 2.05) is 61.0 Å². The molecule has 0 atom stereocenters. The number of ether oxygens (including phenoxy) is 1. The molecule has 1 heterocycles. The lowest BCUT2D eigenvalue weighted by molar-refractivity contribution is 0.102. The number of nitrogens with one attached hydrogen (secondary N) is 1. The van der Waals surface area contributed by atoms with E-state index in [1.165, 1.54) is 0 Å². The average molecular weight is 410 g/mol. The molecule has 1 aromatic heterocycles. The van der Waals surface area contributed by atoms with E-state index in [2.05, 4.69) is 10.4 Å². The number of halogens is 1. The van der Waals surface area contributed by atoms with Crippen molar-refractivity contribution in [3.05, 3.63) is 76.1 Å². The van der Waals surface area contributed by atoms with Crippen LogP contribution in [0.25, 0.3) is 5.69 Å². The molecule has 0 unspecified atom stereocenters. The van der Waals surface area contributed by atoms with Gasteiger partial charge in [-0.15, -0.1) is 0 Å². The Balaban J connectivity index is 1.61. The molecule has 0 saturated heterocycles. The molecule has 1 aliphatic carbocycles. The molecule has 4 rings (SSSR count). The summed E-state index contributed by atoms with van der Waals surface area (Å²) in [6.07, 6.45) is 3.78. The first-order valence-corrected chi connectivity index (χ1v) is 10.3. The largest absolute Gasteiger partial charge is 0.377 e. The third-order valence-electron chi connectivity index (χ3n) is 5.07. The van der Waals surface area contributed by atoms with Crippen LogP contribution in [0.4, 0.5) is 5.69 Å². The van der Waals surface area contributed by atoms with Gasteiger partial charge in [-0.1, -0.05) is 29.8 Å². The third kappa shape index (κ3) is 4.36. The monoisotopic (exact) mass is 409 g/mol. The number of hydrogen-bond donors (Lipinski definition) is 1. The molecule has 1 fully saturated rings. The van der Waals surface area contributed by atoms with Gasteiger partial charge in [0.2, 0.25) is 0 Å². The van der Waals surface area contributed by atoms with Crippen LogP contribution in [0, 0.1) is 6.92 Å². The van der Waals surface area contributed by atoms with Gasteiger partial charge >= 0.3 is 0 Å². The van der Waals surface area contributed by atoms with Crippen LogP contribution >= 0.6 is 11.6 Å². The van der Waals surface area contributed by atoms with E-state index < -0.39 is 0 Å². The SMILES string of the molecule is CCOCc1cccc(NC(=O)c2cnn(-c3ccc(C)c(Cl)c3)c2C2CC2)c1. The van der Waals surface area contributed by atoms with Crippen molar-refractivity contribution >= 4 is 23.2 Å². The summed E-state index contributed by atoms with van der Waals surface area (Å²) in [4.78, 5) is 13.0. The van der Waals surface area contributed by atoms with E-state index in [0.717, 1.165) is 41.0 Å². The zero-order valence-electron chi connectivity index (χ0n) is 16.6. The highest BCUT2D eigenvalue weighted by molar-refractivity contribution is 6.31. The van der Waals surface area contributed by atoms with Gasteiger partial charge < -0.3 is 10.1 Å². The van der Waals surface area contributed by atoms with Crippen molar-refractivity contribution in [2.75, 3.05) is 11.9 Å². The molecule has 1 N–H and O–H groups in total. The van der Waals surface area contributed by atoms with Gasteiger partial charge in [0.1, 0.15) is 0 Å². The van der Waals surface area contributed by atoms with Crippen molar-refractivity contribution in [3.8, 4) is 5.69 Å². The molecule has 0 aliphatic heterocycles. The maximum atomic E-state index is 13.0. The van der Waals surface area contributed by atoms with Crippen molar-refractivity contribution in [2.24, 2.45) is 0 Å². The van der Waals surface area contributed by atoms with Crippen LogP contribution in [0.2, 0.25) is 5.02 Å². The fraction of sp³-hybridized carbons (Fsp3) is 0.304. The topological polar surface area (TPSA) is 56.1 Å². The van der Waals surface area contributed by atoms with Gasteiger partial charge in [-0.2, -0.15) is 5.10 Å². The Morgan fingerprint density at radius 1 is 1.28 bits per heavy atom. The first kappa shape index (κ1) is 19.7. The fourth-order valence-electron chi connectivity index (χ4n) is 3.36. The minimum Gasteiger partial charge on any atom is -0.377 e. The summed E-state index contributed by atoms with van der Waals surface area (Å²) in [5.41, 5.74) is 5.23. The minimum atomic E-state index is -0.148. The average Bonchev–Trinajstić information content (AvgIpc) is 3.46. The number of benzene rings is 2. The number of rotatable bonds is 7. The normalized spacial score (nSPS) is 13.5. The van der Waals surface area contributed by atoms with E-state index in [-0.39, 0.29) is 5.91 Å². The number of anilines is 1. The van der Waals surface area contributed by atoms with E-state index in [4.69, 9.17) is 16.3 Å². The number of aryl methyl sites for hydroxylation is 1. The molecule has 6 heteroatoms. The van der Waals surface area contributed by atoms with Crippen LogP contribution < -0.4 is 5.32 Å². The van der Waals surface area contributed by atoms with Crippen molar-refractivity contribution in [1.29, 1.82) is 0 Å². The number of amides is 1. The highest BCUT2D eigenvalue weighted by atomic mass is 35.5. The molecule has 0 radical (unpaired) electrons. The Labute approximate surface area is 175 Å². The summed E-state index contributed by atoms with van der Waals surface area (Å²) in [6, 6.07) is 13.6. The smallest absolute Gasteiger partial charge is 0.259 e. The number of nitrogens with zero attached hydrogens (tertiary/aromatic N) is 2. The number of carbonyl (C=O) groups excluding carboxylic acids is 1. The number of hydrogen-bond acceptors (Lipinski definition) is 3. The quantitative estimate of drug-likeness (QED) is 0.560. The first-order chi connectivity index (χ1) is 14.1. The number of carbonyl (C=O) groups is 1. The molecule has 1 aliphatic rings. The summed E-state index contributed by atoms with van der Waals surface area (Å²) in [7, 11) is 0. The standard InChI is InChI=1S/C23H24ClN3O2/c1-3-29-14-16-5-4-6-18(11-16)26-23(28)20-13-25-27(22(20)17-8-9-17)19-10-7-15(2)21(24)12-19/h4-7,10-13,17H,3,8-9,14H2,1-2H3,(H,26,28). The molecule has 3 aromatic rings. The summed E-state index contributed by atoms with van der Waals surface area (Å²) in [5, 5.41) is 8.22. The number of aromatic nitrogens is 2. The van der Waals surface area contributed by atoms with Crippen molar-refractivity contribution in [3.63, 3.8) is 0 Å². The summed E-state index contributed by atoms with van der Waals surface area (Å²) in [5.74, 6) is 0.201. The Hall–Kier alpha value is -2.63. The molecule has 150 valence electrons. The van der Waals surface area contributed by atoms with Crippen molar-refractivity contribution in [2.45, 2.75) is 39.2 Å². The van der Waals surface area contributed by atoms with Crippen molar-refractivity contribution < 1.29 is 9.53 Å². The van der Waals surface area contributed by atoms with Gasteiger partial charge in [0, 0.05) is 23.2 Å². The predicted molar refractivity (Wildman–Crippen MR) is 115 cm³/mol. The molecular formula is C23H24ClN3O2. The van der Waals surface area contributed by atoms with Crippen LogP contribution in [-0.4, -0.2) is 22.3 Å². The lowest BCUT2D eigenvalue weighted by atomic mass is 10.1. The Kier molecular flexibility index (Phi) is 5.69. The summed E-state index contributed by atoms with van der Waals surface area (Å²) in [6.45, 7) is 5.11. The Morgan fingerprint density at radius 2 is 2.10 bits per heavy atom. The Bertz CT molecular complexity index is 1040. The molecular weight excluding hydrogens is 386 g/mol. The first-order valence-electron chi connectivity index (χ1n) is 9.89. The van der Waals surface area contributed by atoms with E-state index in [9.17, 15) is 4.79 Å². The molecule has 1 amide bonds. The molecule has 1 saturated carbocycles. The van der Waals surface area contributed by atoms with Crippen LogP contribution in [0.3, 0.4) is 0 Å². The second-order valence-electron chi connectivity index (χ2n) is 7.35. The maximum absolute atomic E-state index is 13.0. The van der Waals surface area contributed by atoms with Gasteiger partial charge in [-0.3, -0.25) is 4.79 Å². The van der Waals surface area contributed by atoms with Crippen LogP contribution in [0.5, 0.6) is 0 Å². The van der Waals surface area contributed by atoms with E-state index >= 15 is 0 Å². The predicted octanol–water partition coefficient (Wildman–Crippen LogP) is 5.50. The van der Waals surface area contributed by atoms with Gasteiger partial charge in [0.25, 0.3) is 5.91 Å². The second-order valence-corrected chi connectivity index (χ2v) is 7.76. The van der Waals surface area contributed by atoms with Crippen LogP contribution in [-0.2, 0) is 11.3 Å². The van der Waals surface area contributed by atoms with Gasteiger partial charge in [0.05, 0.1) is 29.7 Å². The molecule has 5 nitrogen and oxygen atoms in total. The third-order valence-corrected chi connectivity index (χ3v) is 5.48. The van der Waals surface area contributed by atoms with E-state index in [0.29, 0.717) is 29.7 Å². The lowest BCUT2D eigenvalue weighted by Gasteiger charge is -2.11. The zero-order valence-corrected chi connectivity index (χ0v) is 17.4. The van der Waals surface area contributed by atoms with Gasteiger partial charge in [0.15, 0.2) is 0 Å². The van der Waals surface area contributed by atoms with Gasteiger partial charge in [-0.05, 0) is 62.1 Å². The molecule has 29 heavy (non-hydrogen) atoms. The van der Waals surface area contributed by atoms with Gasteiger partial charge in [-0.25, -0.2) is 4.68 Å². The molecule has 0 bridgehead atoms. The summed E-state index contributed by atoms with van der Waals surface area (Å²) >= 11 is 6.31. The lowest BCUT2D eigenvalue weighted by Crippen LogP contribution is -2.14. The van der Waals surface area contributed by atoms with Crippen molar-refractivity contribution in [1.82, 2.24) is 9.78 Å². The minimum absolute atomic E-state index is 0.148. The second kappa shape index (κ2) is 8.39. The summed E-state index contributed by atoms with van der Waals surface area (Å²) < 4.78 is 7.31. The van der Waals surface area contributed by atoms with E-state index in [1.54, 1.807) is 6.20 Å². The fourth-order valence-corrected chi connectivity index (χ4v) is 3.53. The zero-order chi connectivity index (χ0) is 20.4. The highest BCUT2D eigenvalue weighted by Crippen LogP contribution is 2.42. The highest BCUT2D eigenvalue weighted by Gasteiger charge is 2.33. The van der Waals surface area contributed by atoms with Crippen LogP contribution in [0.15, 0.2) is 48.7 Å². The van der Waals surface area contributed by atoms with Crippen LogP contribution in [0.1, 0.15) is 52.9 Å². The maximum Gasteiger partial charge on any atom is 0.259 e. The molecule has 2 aromatic carbocycles. The molecule has 0 spiro atoms. The Morgan fingerprint density at radius 3 is 2.83 bits per heavy atom.